The first-order valence-corrected chi connectivity index (χ1v) is 9.05. The van der Waals surface area contributed by atoms with Gasteiger partial charge in [-0.15, -0.1) is 0 Å². The summed E-state index contributed by atoms with van der Waals surface area (Å²) in [7, 11) is 3.17. The third-order valence-corrected chi connectivity index (χ3v) is 5.39. The lowest BCUT2D eigenvalue weighted by molar-refractivity contribution is 0.714. The molecule has 142 valence electrons. The fraction of sp³-hybridized carbons (Fsp3) is 0.182. The van der Waals surface area contributed by atoms with E-state index in [4.69, 9.17) is 5.73 Å². The predicted molar refractivity (Wildman–Crippen MR) is 113 cm³/mol. The number of fused-ring (bicyclic) bond motifs is 1. The summed E-state index contributed by atoms with van der Waals surface area (Å²) in [5.41, 5.74) is 11.4. The summed E-state index contributed by atoms with van der Waals surface area (Å²) in [6.07, 6.45) is 1.82. The largest absolute Gasteiger partial charge is 0.397 e. The number of aromatic nitrogens is 3. The van der Waals surface area contributed by atoms with Crippen molar-refractivity contribution in [2.75, 3.05) is 5.73 Å². The number of aryl methyl sites for hydroxylation is 3. The van der Waals surface area contributed by atoms with Gasteiger partial charge in [-0.3, -0.25) is 13.9 Å². The van der Waals surface area contributed by atoms with E-state index in [2.05, 4.69) is 0 Å². The maximum absolute atomic E-state index is 13.1. The first kappa shape index (κ1) is 17.9. The van der Waals surface area contributed by atoms with Gasteiger partial charge >= 0.3 is 5.69 Å². The van der Waals surface area contributed by atoms with Crippen molar-refractivity contribution in [2.45, 2.75) is 13.8 Å². The molecule has 6 heteroatoms. The minimum absolute atomic E-state index is 0.321. The fourth-order valence-corrected chi connectivity index (χ4v) is 3.64. The number of nitrogens with two attached hydrogens (primary N) is 1. The van der Waals surface area contributed by atoms with E-state index in [0.29, 0.717) is 16.6 Å². The molecule has 0 spiro atoms. The molecule has 2 N–H and O–H groups in total. The van der Waals surface area contributed by atoms with Gasteiger partial charge in [0.25, 0.3) is 5.56 Å². The highest BCUT2D eigenvalue weighted by molar-refractivity contribution is 5.95. The second kappa shape index (κ2) is 6.27. The number of benzene rings is 2. The van der Waals surface area contributed by atoms with Crippen LogP contribution in [0.5, 0.6) is 0 Å². The molecule has 0 bridgehead atoms. The smallest absolute Gasteiger partial charge is 0.330 e. The molecule has 0 aliphatic carbocycles. The Morgan fingerprint density at radius 2 is 1.54 bits per heavy atom. The summed E-state index contributed by atoms with van der Waals surface area (Å²) < 4.78 is 4.56. The van der Waals surface area contributed by atoms with E-state index < -0.39 is 0 Å². The number of rotatable bonds is 2. The van der Waals surface area contributed by atoms with E-state index in [1.165, 1.54) is 11.6 Å². The van der Waals surface area contributed by atoms with Crippen molar-refractivity contribution in [1.82, 2.24) is 13.7 Å². The van der Waals surface area contributed by atoms with Crippen molar-refractivity contribution in [1.29, 1.82) is 0 Å². The molecule has 0 radical (unpaired) electrons. The number of nitrogen functional groups attached to an aromatic ring is 1. The monoisotopic (exact) mass is 374 g/mol. The van der Waals surface area contributed by atoms with Gasteiger partial charge in [-0.05, 0) is 42.7 Å². The normalized spacial score (nSPS) is 11.3. The summed E-state index contributed by atoms with van der Waals surface area (Å²) in [6, 6.07) is 13.6. The first-order valence-electron chi connectivity index (χ1n) is 9.05. The predicted octanol–water partition coefficient (Wildman–Crippen LogP) is 2.89. The van der Waals surface area contributed by atoms with Crippen LogP contribution < -0.4 is 17.0 Å². The van der Waals surface area contributed by atoms with Crippen LogP contribution in [0.15, 0.2) is 58.3 Å². The Hall–Kier alpha value is -3.54. The van der Waals surface area contributed by atoms with Crippen molar-refractivity contribution in [3.8, 4) is 16.9 Å². The summed E-state index contributed by atoms with van der Waals surface area (Å²) in [5.74, 6) is 0. The molecule has 0 atom stereocenters. The second-order valence-corrected chi connectivity index (χ2v) is 7.18. The Labute approximate surface area is 162 Å². The molecule has 0 amide bonds. The average molecular weight is 374 g/mol. The van der Waals surface area contributed by atoms with Gasteiger partial charge in [0.15, 0.2) is 0 Å². The van der Waals surface area contributed by atoms with Crippen LogP contribution in [0.1, 0.15) is 11.1 Å². The summed E-state index contributed by atoms with van der Waals surface area (Å²) in [4.78, 5) is 25.5. The lowest BCUT2D eigenvalue weighted by Crippen LogP contribution is -2.36. The highest BCUT2D eigenvalue weighted by Crippen LogP contribution is 2.33. The topological polar surface area (TPSA) is 74.9 Å². The van der Waals surface area contributed by atoms with Crippen LogP contribution in [0.3, 0.4) is 0 Å². The zero-order valence-corrected chi connectivity index (χ0v) is 16.4. The van der Waals surface area contributed by atoms with Crippen LogP contribution in [0, 0.1) is 13.8 Å². The van der Waals surface area contributed by atoms with Gasteiger partial charge in [0.1, 0.15) is 0 Å². The van der Waals surface area contributed by atoms with E-state index in [1.807, 2.05) is 67.1 Å². The molecule has 4 rings (SSSR count). The minimum atomic E-state index is -0.359. The number of hydrogen-bond acceptors (Lipinski definition) is 3. The number of hydrogen-bond donors (Lipinski definition) is 1. The molecular formula is C22H22N4O2. The summed E-state index contributed by atoms with van der Waals surface area (Å²) in [6.45, 7) is 4.04. The lowest BCUT2D eigenvalue weighted by Gasteiger charge is -2.14. The molecule has 0 fully saturated rings. The van der Waals surface area contributed by atoms with Crippen LogP contribution in [0.2, 0.25) is 0 Å². The second-order valence-electron chi connectivity index (χ2n) is 7.18. The van der Waals surface area contributed by atoms with E-state index in [0.717, 1.165) is 32.6 Å². The van der Waals surface area contributed by atoms with Gasteiger partial charge < -0.3 is 10.3 Å². The highest BCUT2D eigenvalue weighted by atomic mass is 16.2. The van der Waals surface area contributed by atoms with E-state index in [9.17, 15) is 9.59 Å². The van der Waals surface area contributed by atoms with Crippen molar-refractivity contribution in [3.05, 3.63) is 80.6 Å². The Kier molecular flexibility index (Phi) is 4.00. The maximum atomic E-state index is 13.1. The van der Waals surface area contributed by atoms with Crippen molar-refractivity contribution >= 4 is 16.6 Å². The quantitative estimate of drug-likeness (QED) is 0.548. The molecule has 0 aliphatic heterocycles. The molecule has 4 aromatic rings. The molecule has 0 saturated heterocycles. The summed E-state index contributed by atoms with van der Waals surface area (Å²) >= 11 is 0. The molecular weight excluding hydrogens is 352 g/mol. The standard InChI is InChI=1S/C22H22N4O2/c1-13-10-16(23)17(11-14(13)2)26-12-18-19(20(26)15-8-6-5-7-9-15)21(27)25(4)22(28)24(18)3/h5-12H,23H2,1-4H3. The van der Waals surface area contributed by atoms with Crippen molar-refractivity contribution in [2.24, 2.45) is 14.1 Å². The first-order chi connectivity index (χ1) is 13.3. The Bertz CT molecular complexity index is 1340. The third-order valence-electron chi connectivity index (χ3n) is 5.39. The maximum Gasteiger partial charge on any atom is 0.330 e. The van der Waals surface area contributed by atoms with Gasteiger partial charge in [0, 0.05) is 20.3 Å². The van der Waals surface area contributed by atoms with E-state index in [1.54, 1.807) is 7.05 Å². The van der Waals surface area contributed by atoms with Crippen LogP contribution in [0.25, 0.3) is 27.8 Å². The molecule has 2 heterocycles. The Balaban J connectivity index is 2.24. The molecule has 0 saturated carbocycles. The van der Waals surface area contributed by atoms with Gasteiger partial charge in [0.05, 0.1) is 28.0 Å². The zero-order valence-electron chi connectivity index (χ0n) is 16.4. The third kappa shape index (κ3) is 2.49. The molecule has 0 unspecified atom stereocenters. The van der Waals surface area contributed by atoms with Crippen molar-refractivity contribution < 1.29 is 0 Å². The Morgan fingerprint density at radius 3 is 2.21 bits per heavy atom. The van der Waals surface area contributed by atoms with Gasteiger partial charge in [-0.1, -0.05) is 30.3 Å². The molecule has 0 aliphatic rings. The van der Waals surface area contributed by atoms with Crippen LogP contribution >= 0.6 is 0 Å². The summed E-state index contributed by atoms with van der Waals surface area (Å²) in [5, 5.41) is 0.494. The van der Waals surface area contributed by atoms with Crippen LogP contribution in [-0.2, 0) is 14.1 Å². The SMILES string of the molecule is Cc1cc(N)c(-n2cc3c(c2-c2ccccc2)c(=O)n(C)c(=O)n3C)cc1C. The fourth-order valence-electron chi connectivity index (χ4n) is 3.64. The number of anilines is 1. The van der Waals surface area contributed by atoms with Crippen LogP contribution in [0.4, 0.5) is 5.69 Å². The highest BCUT2D eigenvalue weighted by Gasteiger charge is 2.21. The lowest BCUT2D eigenvalue weighted by atomic mass is 10.1. The zero-order chi connectivity index (χ0) is 20.2. The average Bonchev–Trinajstić information content (AvgIpc) is 3.08. The van der Waals surface area contributed by atoms with Gasteiger partial charge in [0.2, 0.25) is 0 Å². The van der Waals surface area contributed by atoms with E-state index in [-0.39, 0.29) is 11.2 Å². The van der Waals surface area contributed by atoms with Crippen LogP contribution in [-0.4, -0.2) is 13.7 Å². The molecule has 2 aromatic carbocycles. The molecule has 6 nitrogen and oxygen atoms in total. The van der Waals surface area contributed by atoms with E-state index >= 15 is 0 Å². The molecule has 2 aromatic heterocycles. The van der Waals surface area contributed by atoms with Gasteiger partial charge in [-0.25, -0.2) is 4.79 Å². The number of nitrogens with zero attached hydrogens (tertiary/aromatic N) is 3. The minimum Gasteiger partial charge on any atom is -0.397 e. The van der Waals surface area contributed by atoms with Gasteiger partial charge in [-0.2, -0.15) is 0 Å². The van der Waals surface area contributed by atoms with Crippen molar-refractivity contribution in [3.63, 3.8) is 0 Å². The Morgan fingerprint density at radius 1 is 0.893 bits per heavy atom. The molecule has 28 heavy (non-hydrogen) atoms.